The fraction of sp³-hybridized carbons (Fsp3) is 0.500. The van der Waals surface area contributed by atoms with Gasteiger partial charge in [0.05, 0.1) is 6.61 Å². The van der Waals surface area contributed by atoms with Crippen molar-refractivity contribution in [3.8, 4) is 5.75 Å². The number of carbonyl (C=O) groups is 1. The third kappa shape index (κ3) is 2.75. The highest BCUT2D eigenvalue weighted by atomic mass is 79.9. The number of carbonyl (C=O) groups excluding carboxylic acids is 1. The van der Waals surface area contributed by atoms with Crippen molar-refractivity contribution in [1.29, 1.82) is 0 Å². The van der Waals surface area contributed by atoms with Gasteiger partial charge < -0.3 is 10.5 Å². The zero-order valence-electron chi connectivity index (χ0n) is 10.5. The third-order valence-electron chi connectivity index (χ3n) is 3.42. The highest BCUT2D eigenvalue weighted by Crippen LogP contribution is 2.33. The molecule has 1 atom stereocenters. The van der Waals surface area contributed by atoms with E-state index in [9.17, 15) is 4.79 Å². The van der Waals surface area contributed by atoms with Crippen LogP contribution in [-0.2, 0) is 17.6 Å². The maximum Gasteiger partial charge on any atom is 0.141 e. The molecule has 1 aromatic rings. The second kappa shape index (κ2) is 5.85. The van der Waals surface area contributed by atoms with E-state index in [0.717, 1.165) is 28.6 Å². The molecule has 0 aromatic heterocycles. The first kappa shape index (κ1) is 13.6. The first-order valence-electron chi connectivity index (χ1n) is 6.32. The van der Waals surface area contributed by atoms with Gasteiger partial charge in [-0.2, -0.15) is 0 Å². The molecule has 1 unspecified atom stereocenters. The van der Waals surface area contributed by atoms with Gasteiger partial charge in [0.2, 0.25) is 0 Å². The van der Waals surface area contributed by atoms with Crippen LogP contribution in [0.5, 0.6) is 5.75 Å². The zero-order valence-corrected chi connectivity index (χ0v) is 12.1. The lowest BCUT2D eigenvalue weighted by molar-refractivity contribution is -0.122. The van der Waals surface area contributed by atoms with Gasteiger partial charge in [-0.3, -0.25) is 4.79 Å². The normalized spacial score (nSPS) is 15.1. The molecule has 4 heteroatoms. The molecular weight excluding hydrogens is 294 g/mol. The van der Waals surface area contributed by atoms with E-state index in [1.807, 2.05) is 13.0 Å². The number of benzene rings is 1. The van der Waals surface area contributed by atoms with Crippen LogP contribution < -0.4 is 10.5 Å². The Bertz CT molecular complexity index is 455. The minimum absolute atomic E-state index is 0.0407. The molecule has 0 bridgehead atoms. The number of fused-ring (bicyclic) bond motifs is 1. The number of ketones is 1. The minimum atomic E-state index is -0.0407. The monoisotopic (exact) mass is 311 g/mol. The van der Waals surface area contributed by atoms with Crippen LogP contribution in [0.1, 0.15) is 24.5 Å². The van der Waals surface area contributed by atoms with E-state index in [1.165, 1.54) is 5.56 Å². The van der Waals surface area contributed by atoms with Crippen molar-refractivity contribution in [2.24, 2.45) is 11.7 Å². The summed E-state index contributed by atoms with van der Waals surface area (Å²) in [5, 5.41) is 0. The van der Waals surface area contributed by atoms with Gasteiger partial charge in [-0.25, -0.2) is 0 Å². The van der Waals surface area contributed by atoms with Crippen LogP contribution in [0.25, 0.3) is 0 Å². The number of halogens is 1. The molecule has 0 spiro atoms. The second-order valence-corrected chi connectivity index (χ2v) is 5.55. The van der Waals surface area contributed by atoms with Crippen LogP contribution in [0.15, 0.2) is 16.6 Å². The van der Waals surface area contributed by atoms with E-state index in [1.54, 1.807) is 0 Å². The van der Waals surface area contributed by atoms with Crippen LogP contribution in [-0.4, -0.2) is 18.9 Å². The number of rotatable bonds is 5. The van der Waals surface area contributed by atoms with Crippen LogP contribution in [0, 0.1) is 5.92 Å². The number of hydrogen-bond donors (Lipinski definition) is 1. The summed E-state index contributed by atoms with van der Waals surface area (Å²) in [4.78, 5) is 12.1. The lowest BCUT2D eigenvalue weighted by atomic mass is 9.94. The molecule has 0 saturated heterocycles. The lowest BCUT2D eigenvalue weighted by Gasteiger charge is -2.13. The molecule has 18 heavy (non-hydrogen) atoms. The number of hydrogen-bond acceptors (Lipinski definition) is 3. The highest BCUT2D eigenvalue weighted by Gasteiger charge is 2.21. The Kier molecular flexibility index (Phi) is 4.40. The van der Waals surface area contributed by atoms with Gasteiger partial charge >= 0.3 is 0 Å². The Labute approximate surface area is 116 Å². The summed E-state index contributed by atoms with van der Waals surface area (Å²) in [7, 11) is 0. The predicted octanol–water partition coefficient (Wildman–Crippen LogP) is 2.48. The summed E-state index contributed by atoms with van der Waals surface area (Å²) >= 11 is 3.49. The summed E-state index contributed by atoms with van der Waals surface area (Å²) < 4.78 is 6.64. The van der Waals surface area contributed by atoms with Crippen molar-refractivity contribution in [1.82, 2.24) is 0 Å². The molecule has 2 N–H and O–H groups in total. The molecule has 0 amide bonds. The average Bonchev–Trinajstić information content (AvgIpc) is 2.78. The van der Waals surface area contributed by atoms with E-state index < -0.39 is 0 Å². The quantitative estimate of drug-likeness (QED) is 0.909. The summed E-state index contributed by atoms with van der Waals surface area (Å²) in [6.45, 7) is 3.13. The molecule has 1 heterocycles. The second-order valence-electron chi connectivity index (χ2n) is 4.64. The molecule has 0 saturated carbocycles. The highest BCUT2D eigenvalue weighted by molar-refractivity contribution is 9.10. The summed E-state index contributed by atoms with van der Waals surface area (Å²) in [6, 6.07) is 4.04. The third-order valence-corrected chi connectivity index (χ3v) is 3.88. The minimum Gasteiger partial charge on any atom is -0.493 e. The van der Waals surface area contributed by atoms with Crippen molar-refractivity contribution in [3.63, 3.8) is 0 Å². The van der Waals surface area contributed by atoms with Gasteiger partial charge in [0.15, 0.2) is 0 Å². The van der Waals surface area contributed by atoms with Crippen LogP contribution in [0.3, 0.4) is 0 Å². The molecule has 0 fully saturated rings. The summed E-state index contributed by atoms with van der Waals surface area (Å²) in [5.74, 6) is 1.07. The average molecular weight is 312 g/mol. The first-order valence-corrected chi connectivity index (χ1v) is 7.11. The predicted molar refractivity (Wildman–Crippen MR) is 74.9 cm³/mol. The van der Waals surface area contributed by atoms with Crippen molar-refractivity contribution < 1.29 is 9.53 Å². The molecule has 1 aliphatic rings. The molecule has 3 nitrogen and oxygen atoms in total. The van der Waals surface area contributed by atoms with Crippen molar-refractivity contribution in [2.45, 2.75) is 26.2 Å². The Hall–Kier alpha value is -0.870. The fourth-order valence-corrected chi connectivity index (χ4v) is 2.89. The van der Waals surface area contributed by atoms with Crippen LogP contribution in [0.4, 0.5) is 0 Å². The summed E-state index contributed by atoms with van der Waals surface area (Å²) in [5.41, 5.74) is 7.79. The van der Waals surface area contributed by atoms with Crippen molar-refractivity contribution in [2.75, 3.05) is 13.2 Å². The molecule has 2 rings (SSSR count). The van der Waals surface area contributed by atoms with E-state index >= 15 is 0 Å². The number of Topliss-reactive ketones (excluding diaryl/α,β-unsaturated/α-hetero) is 1. The maximum atomic E-state index is 12.1. The van der Waals surface area contributed by atoms with E-state index in [-0.39, 0.29) is 11.7 Å². The van der Waals surface area contributed by atoms with Crippen molar-refractivity contribution in [3.05, 3.63) is 27.7 Å². The number of ether oxygens (including phenoxy) is 1. The van der Waals surface area contributed by atoms with Gasteiger partial charge in [0.1, 0.15) is 11.5 Å². The van der Waals surface area contributed by atoms with Crippen LogP contribution in [0.2, 0.25) is 0 Å². The fourth-order valence-electron chi connectivity index (χ4n) is 2.34. The summed E-state index contributed by atoms with van der Waals surface area (Å²) in [6.07, 6.45) is 2.13. The van der Waals surface area contributed by atoms with Gasteiger partial charge in [-0.05, 0) is 24.1 Å². The first-order chi connectivity index (χ1) is 8.65. The molecule has 0 radical (unpaired) electrons. The van der Waals surface area contributed by atoms with Gasteiger partial charge in [-0.15, -0.1) is 0 Å². The zero-order chi connectivity index (χ0) is 13.1. The number of nitrogens with two attached hydrogens (primary N) is 1. The Balaban J connectivity index is 2.22. The Morgan fingerprint density at radius 3 is 3.00 bits per heavy atom. The molecule has 0 aliphatic carbocycles. The Morgan fingerprint density at radius 2 is 2.33 bits per heavy atom. The lowest BCUT2D eigenvalue weighted by Crippen LogP contribution is -2.24. The van der Waals surface area contributed by atoms with Gasteiger partial charge in [0, 0.05) is 35.3 Å². The topological polar surface area (TPSA) is 52.3 Å². The molecule has 98 valence electrons. The SMILES string of the molecule is CCC(CN)C(=O)Cc1cc(Br)cc2c1OCC2. The van der Waals surface area contributed by atoms with Crippen molar-refractivity contribution >= 4 is 21.7 Å². The maximum absolute atomic E-state index is 12.1. The molecular formula is C14H18BrNO2. The van der Waals surface area contributed by atoms with E-state index in [4.69, 9.17) is 10.5 Å². The standard InChI is InChI=1S/C14H18BrNO2/c1-2-9(8-16)13(17)7-11-6-12(15)5-10-3-4-18-14(10)11/h5-6,9H,2-4,7-8,16H2,1H3. The smallest absolute Gasteiger partial charge is 0.141 e. The molecule has 1 aliphatic heterocycles. The molecule has 1 aromatic carbocycles. The van der Waals surface area contributed by atoms with E-state index in [2.05, 4.69) is 22.0 Å². The Morgan fingerprint density at radius 1 is 1.56 bits per heavy atom. The van der Waals surface area contributed by atoms with E-state index in [0.29, 0.717) is 19.6 Å². The largest absolute Gasteiger partial charge is 0.493 e. The van der Waals surface area contributed by atoms with Crippen LogP contribution >= 0.6 is 15.9 Å². The van der Waals surface area contributed by atoms with Gasteiger partial charge in [0.25, 0.3) is 0 Å². The van der Waals surface area contributed by atoms with Gasteiger partial charge in [-0.1, -0.05) is 22.9 Å².